The van der Waals surface area contributed by atoms with E-state index in [-0.39, 0.29) is 17.4 Å². The largest absolute Gasteiger partial charge is 0.478 e. The van der Waals surface area contributed by atoms with Crippen LogP contribution in [0.2, 0.25) is 0 Å². The smallest absolute Gasteiger partial charge is 0.335 e. The molecular weight excluding hydrogens is 190 g/mol. The Hall–Kier alpha value is -1.38. The Morgan fingerprint density at radius 2 is 2.20 bits per heavy atom. The summed E-state index contributed by atoms with van der Waals surface area (Å²) in [5.41, 5.74) is 1.45. The lowest BCUT2D eigenvalue weighted by molar-refractivity contribution is -0.132. The highest BCUT2D eigenvalue weighted by atomic mass is 16.4. The highest BCUT2D eigenvalue weighted by molar-refractivity contribution is 5.93. The lowest BCUT2D eigenvalue weighted by Crippen LogP contribution is -2.30. The molecule has 1 aliphatic carbocycles. The van der Waals surface area contributed by atoms with Gasteiger partial charge in [-0.15, -0.1) is 0 Å². The van der Waals surface area contributed by atoms with E-state index in [1.165, 1.54) is 0 Å². The Labute approximate surface area is 89.2 Å². The standard InChI is InChI=1S/C12H15NO2/c1-7-12(2,3)9-6-8(11(14)15)4-5-10(9)13-7/h4-6,9-10H,1-3H3,(H,14,15). The quantitative estimate of drug-likeness (QED) is 0.712. The molecule has 3 heteroatoms. The normalized spacial score (nSPS) is 31.9. The van der Waals surface area contributed by atoms with Crippen LogP contribution in [-0.2, 0) is 4.79 Å². The van der Waals surface area contributed by atoms with Crippen molar-refractivity contribution in [2.24, 2.45) is 16.3 Å². The zero-order valence-electron chi connectivity index (χ0n) is 9.19. The first kappa shape index (κ1) is 10.1. The SMILES string of the molecule is CC1=NC2C=CC(C(=O)O)=CC2C1(C)C. The predicted octanol–water partition coefficient (Wildman–Crippen LogP) is 2.05. The van der Waals surface area contributed by atoms with Gasteiger partial charge >= 0.3 is 5.97 Å². The monoisotopic (exact) mass is 205 g/mol. The maximum Gasteiger partial charge on any atom is 0.335 e. The zero-order chi connectivity index (χ0) is 11.2. The summed E-state index contributed by atoms with van der Waals surface area (Å²) in [5.74, 6) is -0.668. The summed E-state index contributed by atoms with van der Waals surface area (Å²) >= 11 is 0. The van der Waals surface area contributed by atoms with Crippen LogP contribution in [0.1, 0.15) is 20.8 Å². The van der Waals surface area contributed by atoms with E-state index in [4.69, 9.17) is 5.11 Å². The average molecular weight is 205 g/mol. The van der Waals surface area contributed by atoms with Crippen LogP contribution in [0.25, 0.3) is 0 Å². The molecule has 0 radical (unpaired) electrons. The molecule has 0 saturated carbocycles. The third kappa shape index (κ3) is 1.42. The number of hydrogen-bond acceptors (Lipinski definition) is 2. The van der Waals surface area contributed by atoms with Crippen molar-refractivity contribution in [1.82, 2.24) is 0 Å². The molecule has 1 N–H and O–H groups in total. The molecule has 80 valence electrons. The Kier molecular flexibility index (Phi) is 2.07. The molecule has 15 heavy (non-hydrogen) atoms. The molecule has 1 heterocycles. The maximum atomic E-state index is 10.9. The van der Waals surface area contributed by atoms with Crippen LogP contribution in [0, 0.1) is 11.3 Å². The van der Waals surface area contributed by atoms with E-state index in [2.05, 4.69) is 18.8 Å². The van der Waals surface area contributed by atoms with Gasteiger partial charge in [-0.3, -0.25) is 4.99 Å². The second-order valence-electron chi connectivity index (χ2n) is 4.74. The van der Waals surface area contributed by atoms with E-state index < -0.39 is 5.97 Å². The molecule has 0 spiro atoms. The highest BCUT2D eigenvalue weighted by Crippen LogP contribution is 2.42. The average Bonchev–Trinajstić information content (AvgIpc) is 2.38. The van der Waals surface area contributed by atoms with E-state index in [1.807, 2.05) is 19.1 Å². The minimum Gasteiger partial charge on any atom is -0.478 e. The zero-order valence-corrected chi connectivity index (χ0v) is 9.19. The summed E-state index contributed by atoms with van der Waals surface area (Å²) in [5, 5.41) is 8.94. The van der Waals surface area contributed by atoms with Crippen molar-refractivity contribution >= 4 is 11.7 Å². The maximum absolute atomic E-state index is 10.9. The number of aliphatic imine (C=N–C) groups is 1. The molecule has 0 bridgehead atoms. The molecule has 3 nitrogen and oxygen atoms in total. The first-order valence-corrected chi connectivity index (χ1v) is 5.11. The number of carboxylic acids is 1. The van der Waals surface area contributed by atoms with Gasteiger partial charge in [0, 0.05) is 17.0 Å². The van der Waals surface area contributed by atoms with Crippen LogP contribution in [0.4, 0.5) is 0 Å². The topological polar surface area (TPSA) is 49.7 Å². The first-order chi connectivity index (χ1) is 6.93. The van der Waals surface area contributed by atoms with E-state index in [0.29, 0.717) is 5.57 Å². The molecule has 0 aromatic heterocycles. The molecule has 2 atom stereocenters. The van der Waals surface area contributed by atoms with Crippen molar-refractivity contribution in [3.8, 4) is 0 Å². The molecule has 0 aromatic carbocycles. The molecule has 2 rings (SSSR count). The Balaban J connectivity index is 2.38. The molecule has 0 amide bonds. The second-order valence-corrected chi connectivity index (χ2v) is 4.74. The summed E-state index contributed by atoms with van der Waals surface area (Å²) in [6, 6.07) is 0.128. The van der Waals surface area contributed by atoms with Gasteiger partial charge in [-0.05, 0) is 13.0 Å². The highest BCUT2D eigenvalue weighted by Gasteiger charge is 2.42. The Morgan fingerprint density at radius 1 is 1.53 bits per heavy atom. The van der Waals surface area contributed by atoms with E-state index in [9.17, 15) is 4.79 Å². The fraction of sp³-hybridized carbons (Fsp3) is 0.500. The lowest BCUT2D eigenvalue weighted by Gasteiger charge is -2.29. The predicted molar refractivity (Wildman–Crippen MR) is 59.0 cm³/mol. The minimum absolute atomic E-state index is 0.0316. The summed E-state index contributed by atoms with van der Waals surface area (Å²) in [7, 11) is 0. The van der Waals surface area contributed by atoms with Crippen LogP contribution in [-0.4, -0.2) is 22.8 Å². The minimum atomic E-state index is -0.856. The number of rotatable bonds is 1. The van der Waals surface area contributed by atoms with Crippen LogP contribution in [0.5, 0.6) is 0 Å². The van der Waals surface area contributed by atoms with Gasteiger partial charge in [-0.2, -0.15) is 0 Å². The molecule has 0 aromatic rings. The summed E-state index contributed by atoms with van der Waals surface area (Å²) in [6.07, 6.45) is 5.39. The summed E-state index contributed by atoms with van der Waals surface area (Å²) in [6.45, 7) is 6.25. The van der Waals surface area contributed by atoms with Crippen LogP contribution >= 0.6 is 0 Å². The Bertz CT molecular complexity index is 402. The van der Waals surface area contributed by atoms with Gasteiger partial charge in [0.1, 0.15) is 0 Å². The first-order valence-electron chi connectivity index (χ1n) is 5.11. The van der Waals surface area contributed by atoms with E-state index in [0.717, 1.165) is 5.71 Å². The van der Waals surface area contributed by atoms with Crippen LogP contribution in [0.3, 0.4) is 0 Å². The number of hydrogen-bond donors (Lipinski definition) is 1. The van der Waals surface area contributed by atoms with Gasteiger partial charge < -0.3 is 5.11 Å². The van der Waals surface area contributed by atoms with Crippen molar-refractivity contribution in [2.75, 3.05) is 0 Å². The third-order valence-electron chi connectivity index (χ3n) is 3.56. The van der Waals surface area contributed by atoms with E-state index >= 15 is 0 Å². The molecule has 1 aliphatic heterocycles. The number of carbonyl (C=O) groups is 1. The number of nitrogens with zero attached hydrogens (tertiary/aromatic N) is 1. The van der Waals surface area contributed by atoms with Crippen molar-refractivity contribution < 1.29 is 9.90 Å². The van der Waals surface area contributed by atoms with Gasteiger partial charge in [0.15, 0.2) is 0 Å². The van der Waals surface area contributed by atoms with Crippen LogP contribution in [0.15, 0.2) is 28.8 Å². The molecule has 2 unspecified atom stereocenters. The fourth-order valence-electron chi connectivity index (χ4n) is 2.20. The van der Waals surface area contributed by atoms with Crippen molar-refractivity contribution in [3.05, 3.63) is 23.8 Å². The van der Waals surface area contributed by atoms with Gasteiger partial charge in [-0.1, -0.05) is 26.0 Å². The van der Waals surface area contributed by atoms with Gasteiger partial charge in [0.05, 0.1) is 11.6 Å². The summed E-state index contributed by atoms with van der Waals surface area (Å²) < 4.78 is 0. The van der Waals surface area contributed by atoms with E-state index in [1.54, 1.807) is 6.08 Å². The lowest BCUT2D eigenvalue weighted by atomic mass is 9.73. The third-order valence-corrected chi connectivity index (χ3v) is 3.56. The molecule has 2 aliphatic rings. The Morgan fingerprint density at radius 3 is 2.80 bits per heavy atom. The molecule has 0 saturated heterocycles. The number of aliphatic carboxylic acids is 1. The molecular formula is C12H15NO2. The van der Waals surface area contributed by atoms with Crippen molar-refractivity contribution in [1.29, 1.82) is 0 Å². The van der Waals surface area contributed by atoms with Gasteiger partial charge in [-0.25, -0.2) is 4.79 Å². The van der Waals surface area contributed by atoms with Crippen molar-refractivity contribution in [2.45, 2.75) is 26.8 Å². The van der Waals surface area contributed by atoms with Gasteiger partial charge in [0.2, 0.25) is 0 Å². The van der Waals surface area contributed by atoms with Crippen molar-refractivity contribution in [3.63, 3.8) is 0 Å². The van der Waals surface area contributed by atoms with Gasteiger partial charge in [0.25, 0.3) is 0 Å². The number of carboxylic acid groups (broad SMARTS) is 1. The van der Waals surface area contributed by atoms with Crippen LogP contribution < -0.4 is 0 Å². The summed E-state index contributed by atoms with van der Waals surface area (Å²) in [4.78, 5) is 15.4. The fourth-order valence-corrected chi connectivity index (χ4v) is 2.20. The number of fused-ring (bicyclic) bond motifs is 1. The molecule has 0 fully saturated rings. The second kappa shape index (κ2) is 3.05.